The van der Waals surface area contributed by atoms with Crippen LogP contribution in [0.25, 0.3) is 11.3 Å². The van der Waals surface area contributed by atoms with E-state index in [0.29, 0.717) is 5.13 Å². The topological polar surface area (TPSA) is 85.1 Å². The van der Waals surface area contributed by atoms with Crippen molar-refractivity contribution in [2.75, 3.05) is 11.6 Å². The molecule has 0 atom stereocenters. The van der Waals surface area contributed by atoms with E-state index in [-0.39, 0.29) is 9.88 Å². The van der Waals surface area contributed by atoms with Gasteiger partial charge in [-0.25, -0.2) is 4.98 Å². The fourth-order valence-corrected chi connectivity index (χ4v) is 3.77. The van der Waals surface area contributed by atoms with Gasteiger partial charge >= 0.3 is 5.00 Å². The highest BCUT2D eigenvalue weighted by Crippen LogP contribution is 2.28. The summed E-state index contributed by atoms with van der Waals surface area (Å²) in [5.41, 5.74) is 1.75. The molecule has 0 aliphatic heterocycles. The minimum absolute atomic E-state index is 0.0612. The first-order valence-electron chi connectivity index (χ1n) is 6.72. The molecule has 1 N–H and O–H groups in total. The summed E-state index contributed by atoms with van der Waals surface area (Å²) in [6.45, 7) is 0. The number of thiazole rings is 1. The number of hydrogen-bond acceptors (Lipinski definition) is 7. The van der Waals surface area contributed by atoms with Crippen molar-refractivity contribution in [1.82, 2.24) is 4.98 Å². The number of aromatic nitrogens is 1. The zero-order valence-corrected chi connectivity index (χ0v) is 14.8. The monoisotopic (exact) mass is 377 g/mol. The molecule has 122 valence electrons. The van der Waals surface area contributed by atoms with Gasteiger partial charge < -0.3 is 0 Å². The Morgan fingerprint density at radius 2 is 2.00 bits per heavy atom. The van der Waals surface area contributed by atoms with E-state index in [2.05, 4.69) is 10.3 Å². The number of carbonyl (C=O) groups excluding carboxylic acids is 1. The van der Waals surface area contributed by atoms with Crippen LogP contribution in [0.1, 0.15) is 9.67 Å². The van der Waals surface area contributed by atoms with Crippen molar-refractivity contribution in [3.63, 3.8) is 0 Å². The third-order valence-electron chi connectivity index (χ3n) is 3.11. The second kappa shape index (κ2) is 7.12. The van der Waals surface area contributed by atoms with Crippen LogP contribution in [0.4, 0.5) is 10.1 Å². The van der Waals surface area contributed by atoms with Gasteiger partial charge in [-0.1, -0.05) is 23.5 Å². The number of carbonyl (C=O) groups is 1. The number of rotatable bonds is 5. The van der Waals surface area contributed by atoms with Crippen molar-refractivity contribution in [2.45, 2.75) is 4.90 Å². The van der Waals surface area contributed by atoms with Crippen LogP contribution < -0.4 is 5.32 Å². The Hall–Kier alpha value is -2.23. The molecule has 0 saturated heterocycles. The average Bonchev–Trinajstić information content (AvgIpc) is 3.24. The van der Waals surface area contributed by atoms with Gasteiger partial charge in [-0.2, -0.15) is 0 Å². The number of nitro groups is 1. The van der Waals surface area contributed by atoms with Crippen molar-refractivity contribution in [1.29, 1.82) is 0 Å². The molecule has 0 spiro atoms. The molecule has 0 bridgehead atoms. The zero-order chi connectivity index (χ0) is 17.1. The first kappa shape index (κ1) is 16.6. The summed E-state index contributed by atoms with van der Waals surface area (Å²) in [5.74, 6) is -0.397. The van der Waals surface area contributed by atoms with Gasteiger partial charge in [0.25, 0.3) is 5.91 Å². The Bertz CT molecular complexity index is 887. The molecule has 0 aliphatic carbocycles. The maximum Gasteiger partial charge on any atom is 0.324 e. The summed E-state index contributed by atoms with van der Waals surface area (Å²) < 4.78 is 0. The van der Waals surface area contributed by atoms with Crippen LogP contribution in [-0.2, 0) is 0 Å². The Kier molecular flexibility index (Phi) is 4.93. The van der Waals surface area contributed by atoms with Crippen LogP contribution in [0.2, 0.25) is 0 Å². The Morgan fingerprint density at radius 3 is 2.62 bits per heavy atom. The van der Waals surface area contributed by atoms with E-state index in [1.54, 1.807) is 11.8 Å². The normalized spacial score (nSPS) is 10.5. The van der Waals surface area contributed by atoms with Gasteiger partial charge in [0.05, 0.1) is 15.5 Å². The first-order chi connectivity index (χ1) is 11.6. The van der Waals surface area contributed by atoms with Crippen LogP contribution in [0, 0.1) is 10.1 Å². The maximum absolute atomic E-state index is 12.1. The smallest absolute Gasteiger partial charge is 0.297 e. The molecular formula is C15H11N3O3S3. The Balaban J connectivity index is 1.72. The highest BCUT2D eigenvalue weighted by Gasteiger charge is 2.16. The Labute approximate surface area is 149 Å². The van der Waals surface area contributed by atoms with Crippen LogP contribution >= 0.6 is 34.4 Å². The molecule has 6 nitrogen and oxygen atoms in total. The summed E-state index contributed by atoms with van der Waals surface area (Å²) in [6, 6.07) is 10.8. The predicted molar refractivity (Wildman–Crippen MR) is 98.3 cm³/mol. The lowest BCUT2D eigenvalue weighted by molar-refractivity contribution is -0.380. The SMILES string of the molecule is CSc1ccc(-c2csc(NC(=O)c3ccc([N+](=O)[O-])s3)n2)cc1. The molecule has 2 aromatic heterocycles. The standard InChI is InChI=1S/C15H11N3O3S3/c1-22-10-4-2-9(3-5-10)11-8-23-15(16-11)17-14(19)12-6-7-13(24-12)18(20)21/h2-8H,1H3,(H,16,17,19). The third kappa shape index (κ3) is 3.64. The Morgan fingerprint density at radius 1 is 1.25 bits per heavy atom. The van der Waals surface area contributed by atoms with Crippen LogP contribution in [0.5, 0.6) is 0 Å². The molecule has 0 radical (unpaired) electrons. The van der Waals surface area contributed by atoms with Gasteiger partial charge in [-0.3, -0.25) is 20.2 Å². The van der Waals surface area contributed by atoms with Gasteiger partial charge in [0, 0.05) is 21.9 Å². The molecule has 0 unspecified atom stereocenters. The van der Waals surface area contributed by atoms with Crippen LogP contribution in [0.3, 0.4) is 0 Å². The minimum atomic E-state index is -0.513. The molecule has 0 fully saturated rings. The molecule has 24 heavy (non-hydrogen) atoms. The number of nitrogens with zero attached hydrogens (tertiary/aromatic N) is 2. The van der Waals surface area contributed by atoms with Crippen LogP contribution in [-0.4, -0.2) is 22.1 Å². The zero-order valence-electron chi connectivity index (χ0n) is 12.4. The van der Waals surface area contributed by atoms with E-state index in [0.717, 1.165) is 22.6 Å². The van der Waals surface area contributed by atoms with Gasteiger partial charge in [0.15, 0.2) is 5.13 Å². The second-order valence-corrected chi connectivity index (χ2v) is 7.42. The highest BCUT2D eigenvalue weighted by atomic mass is 32.2. The summed E-state index contributed by atoms with van der Waals surface area (Å²) >= 11 is 3.82. The number of amides is 1. The van der Waals surface area contributed by atoms with Crippen molar-refractivity contribution in [3.05, 3.63) is 56.8 Å². The van der Waals surface area contributed by atoms with Gasteiger partial charge in [-0.15, -0.1) is 23.1 Å². The van der Waals surface area contributed by atoms with E-state index < -0.39 is 10.8 Å². The van der Waals surface area contributed by atoms with E-state index in [9.17, 15) is 14.9 Å². The number of nitrogens with one attached hydrogen (secondary N) is 1. The summed E-state index contributed by atoms with van der Waals surface area (Å²) in [7, 11) is 0. The number of thiophene rings is 1. The molecule has 3 rings (SSSR count). The predicted octanol–water partition coefficient (Wildman–Crippen LogP) is 4.75. The quantitative estimate of drug-likeness (QED) is 0.394. The van der Waals surface area contributed by atoms with E-state index in [1.807, 2.05) is 35.9 Å². The molecule has 1 aromatic carbocycles. The lowest BCUT2D eigenvalue weighted by Crippen LogP contribution is -2.09. The molecule has 0 aliphatic rings. The van der Waals surface area contributed by atoms with E-state index >= 15 is 0 Å². The number of anilines is 1. The van der Waals surface area contributed by atoms with Crippen molar-refractivity contribution >= 4 is 50.5 Å². The highest BCUT2D eigenvalue weighted by molar-refractivity contribution is 7.98. The summed E-state index contributed by atoms with van der Waals surface area (Å²) in [5, 5.41) is 15.6. The van der Waals surface area contributed by atoms with Crippen molar-refractivity contribution in [2.24, 2.45) is 0 Å². The number of thioether (sulfide) groups is 1. The molecule has 3 aromatic rings. The van der Waals surface area contributed by atoms with Gasteiger partial charge in [0.2, 0.25) is 0 Å². The van der Waals surface area contributed by atoms with Gasteiger partial charge in [-0.05, 0) is 24.5 Å². The lowest BCUT2D eigenvalue weighted by atomic mass is 10.2. The maximum atomic E-state index is 12.1. The summed E-state index contributed by atoms with van der Waals surface area (Å²) in [4.78, 5) is 28.1. The largest absolute Gasteiger partial charge is 0.324 e. The lowest BCUT2D eigenvalue weighted by Gasteiger charge is -1.99. The molecular weight excluding hydrogens is 366 g/mol. The number of hydrogen-bond donors (Lipinski definition) is 1. The number of benzene rings is 1. The van der Waals surface area contributed by atoms with Gasteiger partial charge in [0.1, 0.15) is 0 Å². The molecule has 9 heteroatoms. The minimum Gasteiger partial charge on any atom is -0.297 e. The first-order valence-corrected chi connectivity index (χ1v) is 9.64. The molecule has 1 amide bonds. The second-order valence-electron chi connectivity index (χ2n) is 4.62. The van der Waals surface area contributed by atoms with Crippen molar-refractivity contribution in [3.8, 4) is 11.3 Å². The fourth-order valence-electron chi connectivity index (χ4n) is 1.93. The molecule has 0 saturated carbocycles. The van der Waals surface area contributed by atoms with Crippen LogP contribution in [0.15, 0.2) is 46.7 Å². The van der Waals surface area contributed by atoms with E-state index in [4.69, 9.17) is 0 Å². The summed E-state index contributed by atoms with van der Waals surface area (Å²) in [6.07, 6.45) is 2.01. The average molecular weight is 377 g/mol. The third-order valence-corrected chi connectivity index (χ3v) is 5.64. The molecule has 2 heterocycles. The van der Waals surface area contributed by atoms with E-state index in [1.165, 1.54) is 28.4 Å². The fraction of sp³-hybridized carbons (Fsp3) is 0.0667. The van der Waals surface area contributed by atoms with Crippen molar-refractivity contribution < 1.29 is 9.72 Å².